The van der Waals surface area contributed by atoms with Gasteiger partial charge in [0.15, 0.2) is 0 Å². The minimum Gasteiger partial charge on any atom is -0.103 e. The molecule has 0 radical (unpaired) electrons. The van der Waals surface area contributed by atoms with Crippen LogP contribution >= 0.6 is 0 Å². The van der Waals surface area contributed by atoms with E-state index in [1.54, 1.807) is 0 Å². The molecule has 0 spiro atoms. The van der Waals surface area contributed by atoms with Crippen LogP contribution in [0.3, 0.4) is 0 Å². The van der Waals surface area contributed by atoms with Crippen LogP contribution in [0.25, 0.3) is 0 Å². The maximum absolute atomic E-state index is 3.76. The SMILES string of the molecule is C=CCCC(C)(CC)C(C)C. The summed E-state index contributed by atoms with van der Waals surface area (Å²) < 4.78 is 0. The van der Waals surface area contributed by atoms with Crippen molar-refractivity contribution in [1.82, 2.24) is 0 Å². The van der Waals surface area contributed by atoms with Gasteiger partial charge in [0.05, 0.1) is 0 Å². The Labute approximate surface area is 71.7 Å². The molecule has 0 aliphatic rings. The molecule has 0 aromatic rings. The molecule has 0 rings (SSSR count). The third-order valence-electron chi connectivity index (χ3n) is 3.12. The monoisotopic (exact) mass is 154 g/mol. The van der Waals surface area contributed by atoms with Gasteiger partial charge in [0.25, 0.3) is 0 Å². The van der Waals surface area contributed by atoms with E-state index in [2.05, 4.69) is 34.3 Å². The van der Waals surface area contributed by atoms with Crippen LogP contribution in [0.2, 0.25) is 0 Å². The fourth-order valence-electron chi connectivity index (χ4n) is 1.31. The third kappa shape index (κ3) is 3.09. The number of allylic oxidation sites excluding steroid dienone is 1. The van der Waals surface area contributed by atoms with Crippen LogP contribution in [0.5, 0.6) is 0 Å². The van der Waals surface area contributed by atoms with Crippen LogP contribution in [0, 0.1) is 11.3 Å². The van der Waals surface area contributed by atoms with Crippen molar-refractivity contribution >= 4 is 0 Å². The molecule has 0 fully saturated rings. The molecular weight excluding hydrogens is 132 g/mol. The minimum atomic E-state index is 0.522. The zero-order chi connectivity index (χ0) is 8.91. The average Bonchev–Trinajstić information content (AvgIpc) is 2.00. The molecule has 0 saturated heterocycles. The van der Waals surface area contributed by atoms with E-state index in [0.717, 1.165) is 12.3 Å². The molecule has 1 unspecified atom stereocenters. The highest BCUT2D eigenvalue weighted by Crippen LogP contribution is 2.35. The van der Waals surface area contributed by atoms with Crippen LogP contribution in [0.1, 0.15) is 47.0 Å². The van der Waals surface area contributed by atoms with Gasteiger partial charge in [-0.05, 0) is 24.2 Å². The van der Waals surface area contributed by atoms with E-state index in [0.29, 0.717) is 5.41 Å². The predicted octanol–water partition coefficient (Wildman–Crippen LogP) is 4.02. The highest BCUT2D eigenvalue weighted by molar-refractivity contribution is 4.80. The van der Waals surface area contributed by atoms with E-state index in [1.165, 1.54) is 12.8 Å². The summed E-state index contributed by atoms with van der Waals surface area (Å²) in [5.74, 6) is 0.785. The van der Waals surface area contributed by atoms with Crippen LogP contribution in [-0.2, 0) is 0 Å². The summed E-state index contributed by atoms with van der Waals surface area (Å²) in [7, 11) is 0. The van der Waals surface area contributed by atoms with Gasteiger partial charge < -0.3 is 0 Å². The summed E-state index contributed by atoms with van der Waals surface area (Å²) in [6, 6.07) is 0. The Morgan fingerprint density at radius 2 is 2.00 bits per heavy atom. The van der Waals surface area contributed by atoms with Crippen molar-refractivity contribution in [2.45, 2.75) is 47.0 Å². The molecule has 0 bridgehead atoms. The smallest absolute Gasteiger partial charge is 0.0302 e. The lowest BCUT2D eigenvalue weighted by Crippen LogP contribution is -2.21. The van der Waals surface area contributed by atoms with Crippen LogP contribution < -0.4 is 0 Å². The summed E-state index contributed by atoms with van der Waals surface area (Å²) in [5.41, 5.74) is 0.522. The van der Waals surface area contributed by atoms with Gasteiger partial charge in [-0.1, -0.05) is 40.2 Å². The molecule has 0 aliphatic carbocycles. The topological polar surface area (TPSA) is 0 Å². The molecule has 0 heteroatoms. The maximum atomic E-state index is 3.76. The average molecular weight is 154 g/mol. The summed E-state index contributed by atoms with van der Waals surface area (Å²) in [4.78, 5) is 0. The van der Waals surface area contributed by atoms with Gasteiger partial charge in [0, 0.05) is 0 Å². The van der Waals surface area contributed by atoms with Crippen molar-refractivity contribution in [3.63, 3.8) is 0 Å². The molecule has 0 aromatic heterocycles. The number of hydrogen-bond donors (Lipinski definition) is 0. The summed E-state index contributed by atoms with van der Waals surface area (Å²) in [6.07, 6.45) is 5.74. The first kappa shape index (κ1) is 10.7. The first-order valence-electron chi connectivity index (χ1n) is 4.67. The largest absolute Gasteiger partial charge is 0.103 e. The standard InChI is InChI=1S/C11H22/c1-6-8-9-11(5,7-2)10(3)4/h6,10H,1,7-9H2,2-5H3. The molecule has 11 heavy (non-hydrogen) atoms. The molecule has 0 aliphatic heterocycles. The first-order valence-corrected chi connectivity index (χ1v) is 4.67. The summed E-state index contributed by atoms with van der Waals surface area (Å²) in [6.45, 7) is 13.0. The lowest BCUT2D eigenvalue weighted by atomic mass is 9.73. The molecule has 0 heterocycles. The molecule has 0 saturated carbocycles. The molecular formula is C11H22. The van der Waals surface area contributed by atoms with Crippen LogP contribution in [0.4, 0.5) is 0 Å². The molecule has 1 atom stereocenters. The van der Waals surface area contributed by atoms with Crippen molar-refractivity contribution in [3.05, 3.63) is 12.7 Å². The Hall–Kier alpha value is -0.260. The van der Waals surface area contributed by atoms with Gasteiger partial charge >= 0.3 is 0 Å². The first-order chi connectivity index (χ1) is 5.06. The summed E-state index contributed by atoms with van der Waals surface area (Å²) in [5, 5.41) is 0. The van der Waals surface area contributed by atoms with Crippen LogP contribution in [-0.4, -0.2) is 0 Å². The van der Waals surface area contributed by atoms with E-state index < -0.39 is 0 Å². The fraction of sp³-hybridized carbons (Fsp3) is 0.818. The second-order valence-corrected chi connectivity index (χ2v) is 3.99. The van der Waals surface area contributed by atoms with Gasteiger partial charge in [-0.2, -0.15) is 0 Å². The fourth-order valence-corrected chi connectivity index (χ4v) is 1.31. The highest BCUT2D eigenvalue weighted by Gasteiger charge is 2.24. The van der Waals surface area contributed by atoms with Crippen molar-refractivity contribution in [3.8, 4) is 0 Å². The van der Waals surface area contributed by atoms with Crippen LogP contribution in [0.15, 0.2) is 12.7 Å². The lowest BCUT2D eigenvalue weighted by Gasteiger charge is -2.32. The highest BCUT2D eigenvalue weighted by atomic mass is 14.3. The van der Waals surface area contributed by atoms with E-state index in [1.807, 2.05) is 6.08 Å². The van der Waals surface area contributed by atoms with E-state index in [9.17, 15) is 0 Å². The summed E-state index contributed by atoms with van der Waals surface area (Å²) >= 11 is 0. The van der Waals surface area contributed by atoms with Crippen molar-refractivity contribution < 1.29 is 0 Å². The molecule has 66 valence electrons. The minimum absolute atomic E-state index is 0.522. The van der Waals surface area contributed by atoms with Gasteiger partial charge in [0.1, 0.15) is 0 Å². The molecule has 0 N–H and O–H groups in total. The van der Waals surface area contributed by atoms with Gasteiger partial charge in [-0.25, -0.2) is 0 Å². The quantitative estimate of drug-likeness (QED) is 0.524. The van der Waals surface area contributed by atoms with Gasteiger partial charge in [-0.15, -0.1) is 6.58 Å². The van der Waals surface area contributed by atoms with Crippen molar-refractivity contribution in [2.75, 3.05) is 0 Å². The molecule has 0 aromatic carbocycles. The molecule has 0 amide bonds. The van der Waals surface area contributed by atoms with Crippen molar-refractivity contribution in [2.24, 2.45) is 11.3 Å². The normalized spacial score (nSPS) is 16.5. The van der Waals surface area contributed by atoms with Gasteiger partial charge in [0.2, 0.25) is 0 Å². The predicted molar refractivity (Wildman–Crippen MR) is 52.7 cm³/mol. The second-order valence-electron chi connectivity index (χ2n) is 3.99. The van der Waals surface area contributed by atoms with E-state index in [4.69, 9.17) is 0 Å². The Morgan fingerprint density at radius 3 is 2.27 bits per heavy atom. The van der Waals surface area contributed by atoms with Crippen molar-refractivity contribution in [1.29, 1.82) is 0 Å². The van der Waals surface area contributed by atoms with Gasteiger partial charge in [-0.3, -0.25) is 0 Å². The van der Waals surface area contributed by atoms with E-state index in [-0.39, 0.29) is 0 Å². The molecule has 0 nitrogen and oxygen atoms in total. The Bertz CT molecular complexity index is 113. The lowest BCUT2D eigenvalue weighted by molar-refractivity contribution is 0.192. The third-order valence-corrected chi connectivity index (χ3v) is 3.12. The Balaban J connectivity index is 3.98. The number of hydrogen-bond acceptors (Lipinski definition) is 0. The maximum Gasteiger partial charge on any atom is -0.0302 e. The number of rotatable bonds is 5. The zero-order valence-corrected chi connectivity index (χ0v) is 8.48. The Morgan fingerprint density at radius 1 is 1.45 bits per heavy atom. The zero-order valence-electron chi connectivity index (χ0n) is 8.48. The van der Waals surface area contributed by atoms with E-state index >= 15 is 0 Å². The second kappa shape index (κ2) is 4.58. The Kier molecular flexibility index (Phi) is 4.48.